The summed E-state index contributed by atoms with van der Waals surface area (Å²) in [6.45, 7) is 6.32. The topological polar surface area (TPSA) is 30.0 Å². The van der Waals surface area contributed by atoms with Gasteiger partial charge < -0.3 is 0 Å². The fourth-order valence-corrected chi connectivity index (χ4v) is 2.51. The zero-order valence-electron chi connectivity index (χ0n) is 11.9. The molecule has 0 fully saturated rings. The first-order valence-corrected chi connectivity index (χ1v) is 7.01. The van der Waals surface area contributed by atoms with E-state index >= 15 is 0 Å². The van der Waals surface area contributed by atoms with Crippen LogP contribution in [0.25, 0.3) is 10.9 Å². The second-order valence-electron chi connectivity index (χ2n) is 5.36. The number of pyridine rings is 1. The number of carbonyl (C=O) groups is 1. The van der Waals surface area contributed by atoms with Gasteiger partial charge in [0.15, 0.2) is 5.78 Å². The lowest BCUT2D eigenvalue weighted by Gasteiger charge is -2.10. The summed E-state index contributed by atoms with van der Waals surface area (Å²) in [6.07, 6.45) is 2.82. The molecule has 0 spiro atoms. The van der Waals surface area contributed by atoms with E-state index in [-0.39, 0.29) is 5.78 Å². The summed E-state index contributed by atoms with van der Waals surface area (Å²) < 4.78 is 0. The molecule has 0 radical (unpaired) electrons. The van der Waals surface area contributed by atoms with E-state index in [0.717, 1.165) is 29.3 Å². The van der Waals surface area contributed by atoms with Crippen LogP contribution in [0.4, 0.5) is 0 Å². The molecule has 2 aromatic rings. The zero-order valence-corrected chi connectivity index (χ0v) is 11.9. The molecule has 0 bridgehead atoms. The summed E-state index contributed by atoms with van der Waals surface area (Å²) in [5.41, 5.74) is 2.64. The van der Waals surface area contributed by atoms with E-state index in [2.05, 4.69) is 18.8 Å². The van der Waals surface area contributed by atoms with Crippen LogP contribution in [0, 0.1) is 12.8 Å². The number of ketones is 1. The van der Waals surface area contributed by atoms with Gasteiger partial charge in [0.2, 0.25) is 0 Å². The summed E-state index contributed by atoms with van der Waals surface area (Å²) in [6, 6.07) is 9.90. The molecule has 0 aliphatic heterocycles. The quantitative estimate of drug-likeness (QED) is 0.733. The number of aryl methyl sites for hydroxylation is 1. The molecule has 0 saturated carbocycles. The molecule has 2 heteroatoms. The number of hydrogen-bond acceptors (Lipinski definition) is 2. The summed E-state index contributed by atoms with van der Waals surface area (Å²) in [5, 5.41) is 1.13. The molecule has 2 rings (SSSR count). The zero-order chi connectivity index (χ0) is 13.8. The van der Waals surface area contributed by atoms with Gasteiger partial charge in [-0.2, -0.15) is 0 Å². The Labute approximate surface area is 114 Å². The van der Waals surface area contributed by atoms with Crippen molar-refractivity contribution >= 4 is 16.7 Å². The van der Waals surface area contributed by atoms with Gasteiger partial charge in [-0.15, -0.1) is 0 Å². The Morgan fingerprint density at radius 3 is 2.79 bits per heavy atom. The van der Waals surface area contributed by atoms with E-state index in [1.807, 2.05) is 37.3 Å². The Hall–Kier alpha value is -1.70. The molecular formula is C17H21NO. The average Bonchev–Trinajstić information content (AvgIpc) is 2.39. The van der Waals surface area contributed by atoms with Crippen LogP contribution >= 0.6 is 0 Å². The third-order valence-corrected chi connectivity index (χ3v) is 3.52. The van der Waals surface area contributed by atoms with Gasteiger partial charge in [0.25, 0.3) is 0 Å². The molecule has 0 N–H and O–H groups in total. The molecule has 1 aromatic carbocycles. The average molecular weight is 255 g/mol. The van der Waals surface area contributed by atoms with Gasteiger partial charge in [-0.05, 0) is 30.5 Å². The molecule has 0 saturated heterocycles. The van der Waals surface area contributed by atoms with Crippen molar-refractivity contribution in [2.75, 3.05) is 0 Å². The highest BCUT2D eigenvalue weighted by Gasteiger charge is 2.13. The maximum Gasteiger partial charge on any atom is 0.181 e. The van der Waals surface area contributed by atoms with Crippen molar-refractivity contribution in [1.29, 1.82) is 0 Å². The lowest BCUT2D eigenvalue weighted by atomic mass is 9.97. The minimum Gasteiger partial charge on any atom is -0.292 e. The van der Waals surface area contributed by atoms with Crippen LogP contribution in [0.1, 0.15) is 49.2 Å². The molecule has 19 heavy (non-hydrogen) atoms. The first-order chi connectivity index (χ1) is 9.11. The minimum atomic E-state index is 0.162. The highest BCUT2D eigenvalue weighted by molar-refractivity contribution is 5.97. The van der Waals surface area contributed by atoms with E-state index in [1.165, 1.54) is 0 Å². The lowest BCUT2D eigenvalue weighted by Crippen LogP contribution is -2.08. The first kappa shape index (κ1) is 13.7. The Kier molecular flexibility index (Phi) is 4.31. The predicted octanol–water partition coefficient (Wildman–Crippen LogP) is 4.55. The summed E-state index contributed by atoms with van der Waals surface area (Å²) in [7, 11) is 0. The highest BCUT2D eigenvalue weighted by Crippen LogP contribution is 2.20. The third kappa shape index (κ3) is 3.19. The van der Waals surface area contributed by atoms with Crippen molar-refractivity contribution in [3.8, 4) is 0 Å². The molecule has 1 unspecified atom stereocenters. The second-order valence-corrected chi connectivity index (χ2v) is 5.36. The minimum absolute atomic E-state index is 0.162. The van der Waals surface area contributed by atoms with Crippen molar-refractivity contribution in [1.82, 2.24) is 4.98 Å². The van der Waals surface area contributed by atoms with Gasteiger partial charge in [-0.25, -0.2) is 4.98 Å². The third-order valence-electron chi connectivity index (χ3n) is 3.52. The standard InChI is InChI=1S/C17H21NO/c1-4-7-12(2)10-17(19)16-11-13(3)14-8-5-6-9-15(14)18-16/h5-6,8-9,11-12H,4,7,10H2,1-3H3. The van der Waals surface area contributed by atoms with E-state index in [0.29, 0.717) is 18.0 Å². The number of carbonyl (C=O) groups excluding carboxylic acids is 1. The molecule has 1 aromatic heterocycles. The van der Waals surface area contributed by atoms with Gasteiger partial charge in [-0.1, -0.05) is 44.9 Å². The van der Waals surface area contributed by atoms with Crippen LogP contribution in [0.15, 0.2) is 30.3 Å². The van der Waals surface area contributed by atoms with Crippen molar-refractivity contribution in [2.45, 2.75) is 40.0 Å². The Morgan fingerprint density at radius 2 is 2.05 bits per heavy atom. The van der Waals surface area contributed by atoms with E-state index in [1.54, 1.807) is 0 Å². The number of nitrogens with zero attached hydrogens (tertiary/aromatic N) is 1. The second kappa shape index (κ2) is 5.96. The molecule has 1 heterocycles. The number of hydrogen-bond donors (Lipinski definition) is 0. The molecule has 100 valence electrons. The van der Waals surface area contributed by atoms with Gasteiger partial charge in [0, 0.05) is 11.8 Å². The van der Waals surface area contributed by atoms with Crippen LogP contribution < -0.4 is 0 Å². The summed E-state index contributed by atoms with van der Waals surface area (Å²) in [4.78, 5) is 16.8. The fraction of sp³-hybridized carbons (Fsp3) is 0.412. The fourth-order valence-electron chi connectivity index (χ4n) is 2.51. The Morgan fingerprint density at radius 1 is 1.32 bits per heavy atom. The number of para-hydroxylation sites is 1. The van der Waals surface area contributed by atoms with Crippen LogP contribution in [0.3, 0.4) is 0 Å². The highest BCUT2D eigenvalue weighted by atomic mass is 16.1. The molecule has 1 atom stereocenters. The Balaban J connectivity index is 2.28. The van der Waals surface area contributed by atoms with Gasteiger partial charge in [0.05, 0.1) is 5.52 Å². The molecule has 2 nitrogen and oxygen atoms in total. The van der Waals surface area contributed by atoms with Crippen molar-refractivity contribution in [3.63, 3.8) is 0 Å². The smallest absolute Gasteiger partial charge is 0.181 e. The van der Waals surface area contributed by atoms with Crippen molar-refractivity contribution < 1.29 is 4.79 Å². The van der Waals surface area contributed by atoms with Crippen molar-refractivity contribution in [3.05, 3.63) is 41.6 Å². The number of benzene rings is 1. The van der Waals surface area contributed by atoms with Gasteiger partial charge in [0.1, 0.15) is 5.69 Å². The maximum atomic E-state index is 12.3. The summed E-state index contributed by atoms with van der Waals surface area (Å²) >= 11 is 0. The normalized spacial score (nSPS) is 12.6. The van der Waals surface area contributed by atoms with Gasteiger partial charge >= 0.3 is 0 Å². The van der Waals surface area contributed by atoms with Crippen LogP contribution in [-0.2, 0) is 0 Å². The van der Waals surface area contributed by atoms with Crippen LogP contribution in [0.2, 0.25) is 0 Å². The monoisotopic (exact) mass is 255 g/mol. The maximum absolute atomic E-state index is 12.3. The summed E-state index contributed by atoms with van der Waals surface area (Å²) in [5.74, 6) is 0.598. The SMILES string of the molecule is CCCC(C)CC(=O)c1cc(C)c2ccccc2n1. The number of Topliss-reactive ketones (excluding diaryl/α,β-unsaturated/α-hetero) is 1. The molecule has 0 amide bonds. The Bertz CT molecular complexity index is 589. The van der Waals surface area contributed by atoms with Crippen LogP contribution in [0.5, 0.6) is 0 Å². The number of aromatic nitrogens is 1. The largest absolute Gasteiger partial charge is 0.292 e. The van der Waals surface area contributed by atoms with Gasteiger partial charge in [-0.3, -0.25) is 4.79 Å². The molecule has 0 aliphatic rings. The van der Waals surface area contributed by atoms with E-state index < -0.39 is 0 Å². The predicted molar refractivity (Wildman–Crippen MR) is 79.5 cm³/mol. The van der Waals surface area contributed by atoms with E-state index in [9.17, 15) is 4.79 Å². The van der Waals surface area contributed by atoms with E-state index in [4.69, 9.17) is 0 Å². The molecular weight excluding hydrogens is 234 g/mol. The van der Waals surface area contributed by atoms with Crippen molar-refractivity contribution in [2.24, 2.45) is 5.92 Å². The van der Waals surface area contributed by atoms with Crippen LogP contribution in [-0.4, -0.2) is 10.8 Å². The lowest BCUT2D eigenvalue weighted by molar-refractivity contribution is 0.0958. The molecule has 0 aliphatic carbocycles. The first-order valence-electron chi connectivity index (χ1n) is 7.01. The number of rotatable bonds is 5. The number of fused-ring (bicyclic) bond motifs is 1.